The van der Waals surface area contributed by atoms with Gasteiger partial charge < -0.3 is 34.1 Å². The Kier molecular flexibility index (Phi) is 13.1. The number of nitrogens with zero attached hydrogens (tertiary/aromatic N) is 4. The average molecular weight is 771 g/mol. The number of carbonyl (C=O) groups excluding carboxylic acids is 4. The van der Waals surface area contributed by atoms with E-state index in [2.05, 4.69) is 10.2 Å². The number of ether oxygens (including phenoxy) is 4. The first-order chi connectivity index (χ1) is 25.3. The van der Waals surface area contributed by atoms with Crippen LogP contribution < -0.4 is 15.3 Å². The maximum absolute atomic E-state index is 14.6. The van der Waals surface area contributed by atoms with Crippen molar-refractivity contribution in [3.8, 4) is 11.8 Å². The lowest BCUT2D eigenvalue weighted by Gasteiger charge is -2.31. The van der Waals surface area contributed by atoms with Gasteiger partial charge in [-0.05, 0) is 63.2 Å². The van der Waals surface area contributed by atoms with E-state index >= 15 is 0 Å². The summed E-state index contributed by atoms with van der Waals surface area (Å²) in [5.41, 5.74) is 5.33. The molecule has 1 fully saturated rings. The molecule has 0 spiro atoms. The van der Waals surface area contributed by atoms with Crippen molar-refractivity contribution in [3.63, 3.8) is 0 Å². The van der Waals surface area contributed by atoms with Crippen LogP contribution >= 0.6 is 7.75 Å². The largest absolute Gasteiger partial charge is 0.462 e. The van der Waals surface area contributed by atoms with Gasteiger partial charge in [0, 0.05) is 25.9 Å². The fraction of sp³-hybridized carbons (Fsp3) is 0.500. The minimum absolute atomic E-state index is 0.0309. The molecule has 0 unspecified atom stereocenters. The number of carbonyl (C=O) groups is 4. The third kappa shape index (κ3) is 9.37. The van der Waals surface area contributed by atoms with Gasteiger partial charge in [0.05, 0.1) is 34.8 Å². The highest BCUT2D eigenvalue weighted by Gasteiger charge is 2.62. The first-order valence-corrected chi connectivity index (χ1v) is 18.8. The molecule has 0 radical (unpaired) electrons. The van der Waals surface area contributed by atoms with E-state index in [1.165, 1.54) is 46.8 Å². The molecule has 1 aliphatic rings. The lowest BCUT2D eigenvalue weighted by molar-refractivity contribution is -0.173. The highest BCUT2D eigenvalue weighted by atomic mass is 31.2. The predicted octanol–water partition coefficient (Wildman–Crippen LogP) is 4.22. The molecule has 17 nitrogen and oxygen atoms in total. The second-order valence-electron chi connectivity index (χ2n) is 13.9. The molecule has 1 amide bonds. The Bertz CT molecular complexity index is 1940. The van der Waals surface area contributed by atoms with E-state index in [0.717, 1.165) is 0 Å². The summed E-state index contributed by atoms with van der Waals surface area (Å²) in [7, 11) is -1.52. The van der Waals surface area contributed by atoms with E-state index in [9.17, 15) is 29.0 Å². The number of nitrogens with two attached hydrogens (primary N) is 1. The molecular weight excluding hydrogens is 723 g/mol. The Morgan fingerprint density at radius 2 is 1.61 bits per heavy atom. The van der Waals surface area contributed by atoms with Crippen LogP contribution in [0.2, 0.25) is 0 Å². The van der Waals surface area contributed by atoms with E-state index in [4.69, 9.17) is 33.7 Å². The van der Waals surface area contributed by atoms with E-state index in [1.54, 1.807) is 73.8 Å². The molecule has 0 saturated carbocycles. The van der Waals surface area contributed by atoms with Crippen LogP contribution in [0.4, 0.5) is 5.69 Å². The maximum atomic E-state index is 14.6. The number of aromatic nitrogens is 2. The van der Waals surface area contributed by atoms with Crippen molar-refractivity contribution in [2.75, 3.05) is 26.4 Å². The van der Waals surface area contributed by atoms with Crippen molar-refractivity contribution in [1.82, 2.24) is 19.6 Å². The van der Waals surface area contributed by atoms with E-state index < -0.39 is 80.2 Å². The van der Waals surface area contributed by atoms with Crippen molar-refractivity contribution in [3.05, 3.63) is 59.9 Å². The normalized spacial score (nSPS) is 21.4. The number of nitrogen functional groups attached to an aromatic ring is 1. The van der Waals surface area contributed by atoms with Crippen LogP contribution in [0, 0.1) is 23.2 Å². The number of nitrogens with one attached hydrogen (secondary N) is 1. The summed E-state index contributed by atoms with van der Waals surface area (Å²) in [5.74, 6) is -3.88. The molecule has 54 heavy (non-hydrogen) atoms. The van der Waals surface area contributed by atoms with Crippen LogP contribution in [0.25, 0.3) is 5.52 Å². The van der Waals surface area contributed by atoms with Crippen LogP contribution in [-0.4, -0.2) is 89.0 Å². The Labute approximate surface area is 313 Å². The Hall–Kier alpha value is -5.01. The summed E-state index contributed by atoms with van der Waals surface area (Å²) < 4.78 is 51.3. The van der Waals surface area contributed by atoms with Crippen LogP contribution in [0.3, 0.4) is 0 Å². The molecule has 2 aromatic heterocycles. The number of fused-ring (bicyclic) bond motifs is 1. The number of anilines is 1. The summed E-state index contributed by atoms with van der Waals surface area (Å²) in [5, 5.41) is 17.8. The maximum Gasteiger partial charge on any atom is 0.459 e. The van der Waals surface area contributed by atoms with E-state index in [1.807, 2.05) is 6.07 Å². The summed E-state index contributed by atoms with van der Waals surface area (Å²) in [6, 6.07) is 11.2. The highest BCUT2D eigenvalue weighted by molar-refractivity contribution is 7.52. The molecule has 4 rings (SSSR count). The molecule has 1 saturated heterocycles. The third-order valence-electron chi connectivity index (χ3n) is 8.17. The van der Waals surface area contributed by atoms with Gasteiger partial charge in [-0.25, -0.2) is 9.08 Å². The number of hydrogen-bond donors (Lipinski definition) is 2. The van der Waals surface area contributed by atoms with E-state index in [-0.39, 0.29) is 17.4 Å². The standard InChI is InChI=1S/C36H47N6O11P/c1-20(2)33(44)50-30-29(28-15-14-27-26(38)16-17-39-42(27)28)52-36(18-37,31(30)51-34(45)21(3)4)19-48-54(47,40-23(7)35(46)49-22(5)6)53-25-12-10-24(11-13-25)32(43)41(8)9/h10-17,20-23,29-31H,19,38H2,1-9H3,(H,40,47)/t23-,29-,30-,31-,36+,54-/m0/s1. The first kappa shape index (κ1) is 41.7. The molecular formula is C36H47N6O11P. The minimum atomic E-state index is -4.69. The average Bonchev–Trinajstić information content (AvgIpc) is 3.67. The summed E-state index contributed by atoms with van der Waals surface area (Å²) in [4.78, 5) is 53.0. The number of nitriles is 1. The third-order valence-corrected chi connectivity index (χ3v) is 9.79. The van der Waals surface area contributed by atoms with Gasteiger partial charge in [0.2, 0.25) is 5.60 Å². The molecule has 3 N–H and O–H groups in total. The zero-order chi connectivity index (χ0) is 40.1. The van der Waals surface area contributed by atoms with Gasteiger partial charge in [-0.1, -0.05) is 27.7 Å². The van der Waals surface area contributed by atoms with Crippen LogP contribution in [0.1, 0.15) is 70.6 Å². The first-order valence-electron chi connectivity index (χ1n) is 17.3. The molecule has 0 bridgehead atoms. The van der Waals surface area contributed by atoms with Gasteiger partial charge in [-0.3, -0.25) is 23.7 Å². The number of esters is 3. The van der Waals surface area contributed by atoms with Crippen LogP contribution in [-0.2, 0) is 42.4 Å². The summed E-state index contributed by atoms with van der Waals surface area (Å²) >= 11 is 0. The van der Waals surface area contributed by atoms with Crippen molar-refractivity contribution in [2.45, 2.75) is 84.5 Å². The lowest BCUT2D eigenvalue weighted by Crippen LogP contribution is -2.50. The molecule has 6 atom stereocenters. The Morgan fingerprint density at radius 3 is 2.19 bits per heavy atom. The molecule has 0 aliphatic carbocycles. The number of hydrogen-bond acceptors (Lipinski definition) is 14. The fourth-order valence-electron chi connectivity index (χ4n) is 5.29. The van der Waals surface area contributed by atoms with Gasteiger partial charge in [0.25, 0.3) is 5.91 Å². The van der Waals surface area contributed by atoms with Crippen LogP contribution in [0.15, 0.2) is 48.7 Å². The van der Waals surface area contributed by atoms with Gasteiger partial charge >= 0.3 is 25.7 Å². The topological polar surface area (TPSA) is 223 Å². The van der Waals surface area contributed by atoms with Crippen molar-refractivity contribution in [1.29, 1.82) is 5.26 Å². The fourth-order valence-corrected chi connectivity index (χ4v) is 6.81. The highest BCUT2D eigenvalue weighted by Crippen LogP contribution is 2.50. The van der Waals surface area contributed by atoms with Crippen molar-refractivity contribution >= 4 is 42.8 Å². The van der Waals surface area contributed by atoms with Gasteiger partial charge in [0.1, 0.15) is 30.6 Å². The minimum Gasteiger partial charge on any atom is -0.462 e. The predicted molar refractivity (Wildman–Crippen MR) is 194 cm³/mol. The zero-order valence-electron chi connectivity index (χ0n) is 31.7. The summed E-state index contributed by atoms with van der Waals surface area (Å²) in [6.07, 6.45) is -3.45. The second kappa shape index (κ2) is 17.0. The quantitative estimate of drug-likeness (QED) is 0.125. The molecule has 3 aromatic rings. The molecule has 3 heterocycles. The monoisotopic (exact) mass is 770 g/mol. The smallest absolute Gasteiger partial charge is 0.459 e. The molecule has 18 heteroatoms. The SMILES string of the molecule is CC(C)OC(=O)[C@H](C)N[P@](=O)(OC[C@@]1(C#N)O[C@@H](c2ccc3c(N)ccnn23)[C@H](OC(=O)C(C)C)[C@@H]1OC(=O)C(C)C)Oc1ccc(C(=O)N(C)C)cc1. The van der Waals surface area contributed by atoms with Gasteiger partial charge in [0.15, 0.2) is 12.2 Å². The summed E-state index contributed by atoms with van der Waals surface area (Å²) in [6.45, 7) is 10.1. The van der Waals surface area contributed by atoms with Gasteiger partial charge in [-0.2, -0.15) is 15.4 Å². The van der Waals surface area contributed by atoms with Crippen LogP contribution in [0.5, 0.6) is 5.75 Å². The molecule has 1 aliphatic heterocycles. The van der Waals surface area contributed by atoms with E-state index in [0.29, 0.717) is 16.8 Å². The Morgan fingerprint density at radius 1 is 0.981 bits per heavy atom. The molecule has 1 aromatic carbocycles. The number of rotatable bonds is 15. The molecule has 292 valence electrons. The van der Waals surface area contributed by atoms with Crippen molar-refractivity contribution in [2.24, 2.45) is 11.8 Å². The zero-order valence-corrected chi connectivity index (χ0v) is 32.6. The van der Waals surface area contributed by atoms with Crippen molar-refractivity contribution < 1.29 is 51.7 Å². The van der Waals surface area contributed by atoms with Gasteiger partial charge in [-0.15, -0.1) is 0 Å². The number of benzene rings is 1. The number of amides is 1. The Balaban J connectivity index is 1.80. The lowest BCUT2D eigenvalue weighted by atomic mass is 9.95. The second-order valence-corrected chi connectivity index (χ2v) is 15.6.